The highest BCUT2D eigenvalue weighted by Gasteiger charge is 2.20. The molecule has 0 radical (unpaired) electrons. The van der Waals surface area contributed by atoms with Gasteiger partial charge in [-0.05, 0) is 30.3 Å². The van der Waals surface area contributed by atoms with Crippen LogP contribution < -0.4 is 10.0 Å². The van der Waals surface area contributed by atoms with Gasteiger partial charge < -0.3 is 5.32 Å². The lowest BCUT2D eigenvalue weighted by Gasteiger charge is -2.11. The second-order valence-electron chi connectivity index (χ2n) is 3.84. The van der Waals surface area contributed by atoms with E-state index in [4.69, 9.17) is 11.6 Å². The third-order valence-corrected chi connectivity index (χ3v) is 4.10. The normalized spacial score (nSPS) is 11.2. The van der Waals surface area contributed by atoms with Crippen LogP contribution in [0.25, 0.3) is 0 Å². The molecule has 2 aromatic rings. The lowest BCUT2D eigenvalue weighted by molar-refractivity contribution is 0.598. The Hall–Kier alpha value is -1.86. The first-order chi connectivity index (χ1) is 9.44. The van der Waals surface area contributed by atoms with Gasteiger partial charge in [0.15, 0.2) is 5.03 Å². The lowest BCUT2D eigenvalue weighted by Crippen LogP contribution is -2.16. The van der Waals surface area contributed by atoms with Crippen LogP contribution in [0.4, 0.5) is 15.8 Å². The molecular formula is C12H11ClFN3O2S. The first kappa shape index (κ1) is 14.5. The van der Waals surface area contributed by atoms with E-state index in [1.165, 1.54) is 18.3 Å². The molecule has 0 saturated carbocycles. The summed E-state index contributed by atoms with van der Waals surface area (Å²) in [4.78, 5) is 3.84. The third kappa shape index (κ3) is 3.00. The number of sulfonamides is 1. The van der Waals surface area contributed by atoms with Crippen LogP contribution in [-0.4, -0.2) is 20.4 Å². The minimum absolute atomic E-state index is 0.150. The molecule has 0 fully saturated rings. The van der Waals surface area contributed by atoms with E-state index in [1.54, 1.807) is 19.2 Å². The number of benzene rings is 1. The highest BCUT2D eigenvalue weighted by Crippen LogP contribution is 2.24. The van der Waals surface area contributed by atoms with Gasteiger partial charge in [0.1, 0.15) is 5.82 Å². The maximum atomic E-state index is 13.0. The van der Waals surface area contributed by atoms with Gasteiger partial charge in [0.2, 0.25) is 0 Å². The fraction of sp³-hybridized carbons (Fsp3) is 0.0833. The number of nitrogens with one attached hydrogen (secondary N) is 2. The number of anilines is 2. The molecule has 0 bridgehead atoms. The monoisotopic (exact) mass is 315 g/mol. The minimum atomic E-state index is -3.89. The SMILES string of the molecule is CNc1cccnc1S(=O)(=O)Nc1ccc(F)c(Cl)c1. The van der Waals surface area contributed by atoms with E-state index in [1.807, 2.05) is 0 Å². The number of halogens is 2. The Kier molecular flexibility index (Phi) is 4.10. The summed E-state index contributed by atoms with van der Waals surface area (Å²) in [7, 11) is -2.30. The van der Waals surface area contributed by atoms with Gasteiger partial charge in [-0.3, -0.25) is 4.72 Å². The Balaban J connectivity index is 2.38. The van der Waals surface area contributed by atoms with E-state index in [-0.39, 0.29) is 15.7 Å². The summed E-state index contributed by atoms with van der Waals surface area (Å²) in [6.07, 6.45) is 1.37. The summed E-state index contributed by atoms with van der Waals surface area (Å²) < 4.78 is 39.8. The maximum absolute atomic E-state index is 13.0. The van der Waals surface area contributed by atoms with E-state index >= 15 is 0 Å². The second-order valence-corrected chi connectivity index (χ2v) is 5.85. The molecule has 0 unspecified atom stereocenters. The number of pyridine rings is 1. The molecule has 0 aliphatic heterocycles. The van der Waals surface area contributed by atoms with Crippen LogP contribution in [0.3, 0.4) is 0 Å². The van der Waals surface area contributed by atoms with Gasteiger partial charge >= 0.3 is 0 Å². The van der Waals surface area contributed by atoms with Gasteiger partial charge in [-0.15, -0.1) is 0 Å². The van der Waals surface area contributed by atoms with Gasteiger partial charge in [0, 0.05) is 13.2 Å². The van der Waals surface area contributed by atoms with Crippen molar-refractivity contribution >= 4 is 33.0 Å². The van der Waals surface area contributed by atoms with Crippen molar-refractivity contribution in [2.24, 2.45) is 0 Å². The molecule has 1 aromatic carbocycles. The van der Waals surface area contributed by atoms with Crippen molar-refractivity contribution in [2.75, 3.05) is 17.1 Å². The fourth-order valence-corrected chi connectivity index (χ4v) is 2.93. The molecule has 1 heterocycles. The summed E-state index contributed by atoms with van der Waals surface area (Å²) in [5, 5.41) is 2.42. The molecule has 0 saturated heterocycles. The Bertz CT molecular complexity index is 737. The van der Waals surface area contributed by atoms with E-state index < -0.39 is 15.8 Å². The van der Waals surface area contributed by atoms with Crippen molar-refractivity contribution in [1.82, 2.24) is 4.98 Å². The van der Waals surface area contributed by atoms with Crippen molar-refractivity contribution in [3.8, 4) is 0 Å². The number of rotatable bonds is 4. The molecule has 20 heavy (non-hydrogen) atoms. The van der Waals surface area contributed by atoms with Crippen molar-refractivity contribution in [3.05, 3.63) is 47.4 Å². The van der Waals surface area contributed by atoms with Crippen LogP contribution >= 0.6 is 11.6 Å². The standard InChI is InChI=1S/C12H11ClFN3O2S/c1-15-11-3-2-6-16-12(11)20(18,19)17-8-4-5-10(14)9(13)7-8/h2-7,15,17H,1H3. The summed E-state index contributed by atoms with van der Waals surface area (Å²) >= 11 is 5.61. The van der Waals surface area contributed by atoms with Crippen LogP contribution in [0.2, 0.25) is 5.02 Å². The van der Waals surface area contributed by atoms with E-state index in [9.17, 15) is 12.8 Å². The topological polar surface area (TPSA) is 71.1 Å². The van der Waals surface area contributed by atoms with Crippen LogP contribution in [-0.2, 0) is 10.0 Å². The molecule has 0 amide bonds. The molecule has 0 aliphatic carbocycles. The van der Waals surface area contributed by atoms with Crippen LogP contribution in [0, 0.1) is 5.82 Å². The smallest absolute Gasteiger partial charge is 0.281 e. The fourth-order valence-electron chi connectivity index (χ4n) is 1.56. The molecule has 1 aromatic heterocycles. The third-order valence-electron chi connectivity index (χ3n) is 2.47. The van der Waals surface area contributed by atoms with Crippen molar-refractivity contribution < 1.29 is 12.8 Å². The summed E-state index contributed by atoms with van der Waals surface area (Å²) in [6.45, 7) is 0. The van der Waals surface area contributed by atoms with Crippen LogP contribution in [0.1, 0.15) is 0 Å². The highest BCUT2D eigenvalue weighted by atomic mass is 35.5. The molecule has 2 N–H and O–H groups in total. The summed E-state index contributed by atoms with van der Waals surface area (Å²) in [5.74, 6) is -0.622. The quantitative estimate of drug-likeness (QED) is 0.910. The molecule has 5 nitrogen and oxygen atoms in total. The number of hydrogen-bond donors (Lipinski definition) is 2. The van der Waals surface area contributed by atoms with E-state index in [0.717, 1.165) is 6.07 Å². The van der Waals surface area contributed by atoms with Gasteiger partial charge in [0.05, 0.1) is 16.4 Å². The Morgan fingerprint density at radius 3 is 2.70 bits per heavy atom. The van der Waals surface area contributed by atoms with Crippen molar-refractivity contribution in [3.63, 3.8) is 0 Å². The van der Waals surface area contributed by atoms with Crippen molar-refractivity contribution in [1.29, 1.82) is 0 Å². The highest BCUT2D eigenvalue weighted by molar-refractivity contribution is 7.92. The zero-order valence-electron chi connectivity index (χ0n) is 10.4. The molecule has 8 heteroatoms. The van der Waals surface area contributed by atoms with E-state index in [0.29, 0.717) is 5.69 Å². The molecule has 0 aliphatic rings. The number of nitrogens with zero attached hydrogens (tertiary/aromatic N) is 1. The largest absolute Gasteiger partial charge is 0.386 e. The number of hydrogen-bond acceptors (Lipinski definition) is 4. The summed E-state index contributed by atoms with van der Waals surface area (Å²) in [6, 6.07) is 6.74. The molecular weight excluding hydrogens is 305 g/mol. The average Bonchev–Trinajstić information content (AvgIpc) is 2.42. The number of aromatic nitrogens is 1. The van der Waals surface area contributed by atoms with Gasteiger partial charge in [0.25, 0.3) is 10.0 Å². The van der Waals surface area contributed by atoms with Crippen LogP contribution in [0.15, 0.2) is 41.6 Å². The zero-order chi connectivity index (χ0) is 14.8. The van der Waals surface area contributed by atoms with Gasteiger partial charge in [-0.25, -0.2) is 9.37 Å². The predicted molar refractivity (Wildman–Crippen MR) is 76.0 cm³/mol. The van der Waals surface area contributed by atoms with Crippen molar-refractivity contribution in [2.45, 2.75) is 5.03 Å². The first-order valence-corrected chi connectivity index (χ1v) is 7.41. The first-order valence-electron chi connectivity index (χ1n) is 5.54. The second kappa shape index (κ2) is 5.64. The average molecular weight is 316 g/mol. The lowest BCUT2D eigenvalue weighted by atomic mass is 10.3. The van der Waals surface area contributed by atoms with Gasteiger partial charge in [-0.1, -0.05) is 11.6 Å². The van der Waals surface area contributed by atoms with Crippen LogP contribution in [0.5, 0.6) is 0 Å². The Morgan fingerprint density at radius 1 is 1.30 bits per heavy atom. The van der Waals surface area contributed by atoms with Gasteiger partial charge in [-0.2, -0.15) is 8.42 Å². The molecule has 2 rings (SSSR count). The Labute approximate surface area is 120 Å². The molecule has 0 atom stereocenters. The predicted octanol–water partition coefficient (Wildman–Crippen LogP) is 2.72. The van der Waals surface area contributed by atoms with E-state index in [2.05, 4.69) is 15.0 Å². The molecule has 106 valence electrons. The molecule has 0 spiro atoms. The zero-order valence-corrected chi connectivity index (χ0v) is 12.0. The maximum Gasteiger partial charge on any atom is 0.281 e. The minimum Gasteiger partial charge on any atom is -0.386 e. The summed E-state index contributed by atoms with van der Waals surface area (Å²) in [5.41, 5.74) is 0.511. The Morgan fingerprint density at radius 2 is 2.05 bits per heavy atom.